The van der Waals surface area contributed by atoms with Crippen LogP contribution in [0.2, 0.25) is 0 Å². The summed E-state index contributed by atoms with van der Waals surface area (Å²) in [7, 11) is 1.72. The summed E-state index contributed by atoms with van der Waals surface area (Å²) in [5.41, 5.74) is 6.59. The van der Waals surface area contributed by atoms with E-state index in [4.69, 9.17) is 5.73 Å². The van der Waals surface area contributed by atoms with Crippen LogP contribution >= 0.6 is 0 Å². The van der Waals surface area contributed by atoms with Crippen LogP contribution in [-0.4, -0.2) is 44.9 Å². The second-order valence-electron chi connectivity index (χ2n) is 5.45. The van der Waals surface area contributed by atoms with Gasteiger partial charge in [0, 0.05) is 26.2 Å². The van der Waals surface area contributed by atoms with Gasteiger partial charge in [-0.2, -0.15) is 9.90 Å². The topological polar surface area (TPSA) is 77.0 Å². The van der Waals surface area contributed by atoms with Crippen LogP contribution < -0.4 is 5.73 Å². The first kappa shape index (κ1) is 11.6. The predicted octanol–water partition coefficient (Wildman–Crippen LogP) is 0.0145. The van der Waals surface area contributed by atoms with Gasteiger partial charge in [-0.15, -0.1) is 5.10 Å². The molecule has 6 nitrogen and oxygen atoms in total. The molecule has 1 aliphatic heterocycles. The van der Waals surface area contributed by atoms with Gasteiger partial charge in [-0.1, -0.05) is 6.42 Å². The van der Waals surface area contributed by atoms with E-state index in [-0.39, 0.29) is 11.9 Å². The zero-order chi connectivity index (χ0) is 12.7. The summed E-state index contributed by atoms with van der Waals surface area (Å²) in [4.78, 5) is 15.6. The fourth-order valence-corrected chi connectivity index (χ4v) is 3.29. The molecular formula is C12H19N5O. The largest absolute Gasteiger partial charge is 0.337 e. The van der Waals surface area contributed by atoms with Crippen molar-refractivity contribution in [2.45, 2.75) is 25.3 Å². The molecule has 0 radical (unpaired) electrons. The lowest BCUT2D eigenvalue weighted by Gasteiger charge is -2.29. The fourth-order valence-electron chi connectivity index (χ4n) is 3.29. The molecule has 2 fully saturated rings. The molecule has 1 aromatic heterocycles. The molecule has 0 spiro atoms. The number of aromatic nitrogens is 3. The molecule has 1 saturated heterocycles. The Balaban J connectivity index is 1.73. The molecular weight excluding hydrogens is 230 g/mol. The third kappa shape index (κ3) is 1.90. The number of nitrogens with zero attached hydrogens (tertiary/aromatic N) is 4. The second kappa shape index (κ2) is 4.35. The van der Waals surface area contributed by atoms with Crippen molar-refractivity contribution in [1.29, 1.82) is 0 Å². The Morgan fingerprint density at radius 1 is 1.44 bits per heavy atom. The minimum atomic E-state index is -0.00954. The van der Waals surface area contributed by atoms with E-state index < -0.39 is 0 Å². The highest BCUT2D eigenvalue weighted by Crippen LogP contribution is 2.35. The van der Waals surface area contributed by atoms with Crippen LogP contribution in [-0.2, 0) is 7.05 Å². The van der Waals surface area contributed by atoms with Crippen LogP contribution in [0.1, 0.15) is 29.8 Å². The first-order valence-electron chi connectivity index (χ1n) is 6.56. The van der Waals surface area contributed by atoms with Crippen LogP contribution in [0.5, 0.6) is 0 Å². The standard InChI is InChI=1S/C12H19N5O/c1-16-14-5-11(15-16)12(18)17-6-8-3-2-4-10(13)9(8)7-17/h5,8-10H,2-4,6-7,13H2,1H3. The predicted molar refractivity (Wildman–Crippen MR) is 65.7 cm³/mol. The molecule has 2 heterocycles. The van der Waals surface area contributed by atoms with Gasteiger partial charge in [0.2, 0.25) is 0 Å². The average molecular weight is 249 g/mol. The van der Waals surface area contributed by atoms with Crippen LogP contribution in [0.4, 0.5) is 0 Å². The number of nitrogens with two attached hydrogens (primary N) is 1. The van der Waals surface area contributed by atoms with E-state index in [1.165, 1.54) is 23.8 Å². The normalized spacial score (nSPS) is 31.4. The molecule has 2 N–H and O–H groups in total. The Bertz CT molecular complexity index is 457. The number of aryl methyl sites for hydroxylation is 1. The lowest BCUT2D eigenvalue weighted by atomic mass is 9.78. The minimum Gasteiger partial charge on any atom is -0.337 e. The number of hydrogen-bond donors (Lipinski definition) is 1. The van der Waals surface area contributed by atoms with Crippen molar-refractivity contribution >= 4 is 5.91 Å². The van der Waals surface area contributed by atoms with Crippen LogP contribution in [0.25, 0.3) is 0 Å². The minimum absolute atomic E-state index is 0.00954. The van der Waals surface area contributed by atoms with Crippen molar-refractivity contribution in [3.05, 3.63) is 11.9 Å². The zero-order valence-electron chi connectivity index (χ0n) is 10.6. The summed E-state index contributed by atoms with van der Waals surface area (Å²) in [5, 5.41) is 8.02. The molecule has 18 heavy (non-hydrogen) atoms. The average Bonchev–Trinajstić information content (AvgIpc) is 2.95. The molecule has 6 heteroatoms. The molecule has 3 atom stereocenters. The molecule has 0 aromatic carbocycles. The summed E-state index contributed by atoms with van der Waals surface area (Å²) >= 11 is 0. The van der Waals surface area contributed by atoms with E-state index in [0.29, 0.717) is 17.5 Å². The highest BCUT2D eigenvalue weighted by Gasteiger charge is 2.40. The van der Waals surface area contributed by atoms with E-state index in [1.54, 1.807) is 7.05 Å². The van der Waals surface area contributed by atoms with Gasteiger partial charge in [-0.25, -0.2) is 0 Å². The molecule has 1 saturated carbocycles. The van der Waals surface area contributed by atoms with Crippen LogP contribution in [0.3, 0.4) is 0 Å². The van der Waals surface area contributed by atoms with Crippen LogP contribution in [0.15, 0.2) is 6.20 Å². The van der Waals surface area contributed by atoms with Gasteiger partial charge in [-0.3, -0.25) is 4.79 Å². The summed E-state index contributed by atoms with van der Waals surface area (Å²) < 4.78 is 0. The Labute approximate surface area is 106 Å². The Kier molecular flexibility index (Phi) is 2.81. The molecule has 1 aromatic rings. The molecule has 3 rings (SSSR count). The molecule has 2 aliphatic rings. The van der Waals surface area contributed by atoms with Gasteiger partial charge >= 0.3 is 0 Å². The van der Waals surface area contributed by atoms with Crippen molar-refractivity contribution in [3.63, 3.8) is 0 Å². The highest BCUT2D eigenvalue weighted by atomic mass is 16.2. The van der Waals surface area contributed by atoms with Crippen molar-refractivity contribution in [2.24, 2.45) is 24.6 Å². The maximum Gasteiger partial charge on any atom is 0.276 e. The monoisotopic (exact) mass is 249 g/mol. The number of carbonyl (C=O) groups is 1. The Morgan fingerprint density at radius 3 is 2.94 bits per heavy atom. The van der Waals surface area contributed by atoms with Crippen molar-refractivity contribution in [3.8, 4) is 0 Å². The van der Waals surface area contributed by atoms with E-state index in [2.05, 4.69) is 10.2 Å². The molecule has 1 aliphatic carbocycles. The summed E-state index contributed by atoms with van der Waals surface area (Å²) in [6.07, 6.45) is 5.01. The second-order valence-corrected chi connectivity index (χ2v) is 5.45. The first-order valence-corrected chi connectivity index (χ1v) is 6.56. The van der Waals surface area contributed by atoms with Crippen molar-refractivity contribution in [1.82, 2.24) is 19.9 Å². The SMILES string of the molecule is Cn1ncc(C(=O)N2CC3CCCC(N)C3C2)n1. The number of carbonyl (C=O) groups excluding carboxylic acids is 1. The van der Waals surface area contributed by atoms with E-state index in [1.807, 2.05) is 4.90 Å². The zero-order valence-corrected chi connectivity index (χ0v) is 10.6. The van der Waals surface area contributed by atoms with E-state index >= 15 is 0 Å². The lowest BCUT2D eigenvalue weighted by Crippen LogP contribution is -2.38. The molecule has 1 amide bonds. The summed E-state index contributed by atoms with van der Waals surface area (Å²) in [6.45, 7) is 1.61. The van der Waals surface area contributed by atoms with E-state index in [0.717, 1.165) is 19.5 Å². The first-order chi connectivity index (χ1) is 8.65. The smallest absolute Gasteiger partial charge is 0.276 e. The van der Waals surface area contributed by atoms with Gasteiger partial charge < -0.3 is 10.6 Å². The summed E-state index contributed by atoms with van der Waals surface area (Å²) in [6, 6.07) is 0.253. The number of hydrogen-bond acceptors (Lipinski definition) is 4. The lowest BCUT2D eigenvalue weighted by molar-refractivity contribution is 0.0777. The maximum absolute atomic E-state index is 12.3. The molecule has 0 bridgehead atoms. The van der Waals surface area contributed by atoms with E-state index in [9.17, 15) is 4.79 Å². The molecule has 3 unspecified atom stereocenters. The van der Waals surface area contributed by atoms with Gasteiger partial charge in [0.05, 0.1) is 6.20 Å². The Hall–Kier alpha value is -1.43. The third-order valence-corrected chi connectivity index (χ3v) is 4.26. The molecule has 98 valence electrons. The summed E-state index contributed by atoms with van der Waals surface area (Å²) in [5.74, 6) is 1.04. The van der Waals surface area contributed by atoms with Gasteiger partial charge in [0.25, 0.3) is 5.91 Å². The fraction of sp³-hybridized carbons (Fsp3) is 0.750. The number of fused-ring (bicyclic) bond motifs is 1. The van der Waals surface area contributed by atoms with Gasteiger partial charge in [-0.05, 0) is 24.7 Å². The van der Waals surface area contributed by atoms with Crippen molar-refractivity contribution < 1.29 is 4.79 Å². The van der Waals surface area contributed by atoms with Gasteiger partial charge in [0.15, 0.2) is 5.69 Å². The quantitative estimate of drug-likeness (QED) is 0.761. The van der Waals surface area contributed by atoms with Crippen molar-refractivity contribution in [2.75, 3.05) is 13.1 Å². The van der Waals surface area contributed by atoms with Gasteiger partial charge in [0.1, 0.15) is 0 Å². The Morgan fingerprint density at radius 2 is 2.28 bits per heavy atom. The van der Waals surface area contributed by atoms with Crippen LogP contribution in [0, 0.1) is 11.8 Å². The highest BCUT2D eigenvalue weighted by molar-refractivity contribution is 5.92. The maximum atomic E-state index is 12.3. The third-order valence-electron chi connectivity index (χ3n) is 4.26. The number of rotatable bonds is 1. The number of likely N-dealkylation sites (tertiary alicyclic amines) is 1. The number of amides is 1.